The molecule has 0 radical (unpaired) electrons. The van der Waals surface area contributed by atoms with Crippen molar-refractivity contribution in [2.45, 2.75) is 19.4 Å². The van der Waals surface area contributed by atoms with Crippen LogP contribution in [0.4, 0.5) is 0 Å². The molecule has 0 amide bonds. The van der Waals surface area contributed by atoms with E-state index in [4.69, 9.17) is 10.5 Å². The summed E-state index contributed by atoms with van der Waals surface area (Å²) >= 11 is 3.47. The molecule has 4 nitrogen and oxygen atoms in total. The fraction of sp³-hybridized carbons (Fsp3) is 0.357. The molecule has 0 saturated carbocycles. The molecule has 102 valence electrons. The number of hydrogen-bond donors (Lipinski definition) is 2. The van der Waals surface area contributed by atoms with Crippen molar-refractivity contribution < 1.29 is 4.74 Å². The van der Waals surface area contributed by atoms with E-state index < -0.39 is 0 Å². The van der Waals surface area contributed by atoms with Crippen LogP contribution in [0.1, 0.15) is 24.0 Å². The highest BCUT2D eigenvalue weighted by atomic mass is 79.9. The van der Waals surface area contributed by atoms with Gasteiger partial charge in [-0.1, -0.05) is 28.1 Å². The normalized spacial score (nSPS) is 12.6. The van der Waals surface area contributed by atoms with Gasteiger partial charge in [-0.15, -0.1) is 0 Å². The van der Waals surface area contributed by atoms with Crippen molar-refractivity contribution in [1.29, 1.82) is 0 Å². The third-order valence-corrected chi connectivity index (χ3v) is 3.48. The number of hydrogen-bond acceptors (Lipinski definition) is 3. The molecule has 0 aliphatic rings. The molecule has 0 fully saturated rings. The lowest BCUT2D eigenvalue weighted by Crippen LogP contribution is -2.14. The Hall–Kier alpha value is -1.17. The Labute approximate surface area is 121 Å². The molecule has 19 heavy (non-hydrogen) atoms. The van der Waals surface area contributed by atoms with Gasteiger partial charge in [-0.3, -0.25) is 0 Å². The zero-order chi connectivity index (χ0) is 13.8. The SMILES string of the molecule is COCCC(N)c1nc(-c2cccc(Br)c2)c(C)[nH]1. The van der Waals surface area contributed by atoms with Crippen molar-refractivity contribution in [3.63, 3.8) is 0 Å². The third kappa shape index (κ3) is 3.43. The maximum absolute atomic E-state index is 6.09. The van der Waals surface area contributed by atoms with Gasteiger partial charge in [0.1, 0.15) is 5.82 Å². The highest BCUT2D eigenvalue weighted by Crippen LogP contribution is 2.25. The molecule has 5 heteroatoms. The second kappa shape index (κ2) is 6.32. The third-order valence-electron chi connectivity index (χ3n) is 2.99. The van der Waals surface area contributed by atoms with Crippen LogP contribution < -0.4 is 5.73 Å². The van der Waals surface area contributed by atoms with E-state index in [0.717, 1.165) is 33.7 Å². The van der Waals surface area contributed by atoms with Gasteiger partial charge in [-0.05, 0) is 25.5 Å². The van der Waals surface area contributed by atoms with Gasteiger partial charge in [-0.2, -0.15) is 0 Å². The minimum absolute atomic E-state index is 0.125. The maximum Gasteiger partial charge on any atom is 0.124 e. The number of methoxy groups -OCH3 is 1. The smallest absolute Gasteiger partial charge is 0.124 e. The molecule has 0 aliphatic heterocycles. The summed E-state index contributed by atoms with van der Waals surface area (Å²) in [5.74, 6) is 0.810. The largest absolute Gasteiger partial charge is 0.385 e. The minimum Gasteiger partial charge on any atom is -0.385 e. The first-order valence-electron chi connectivity index (χ1n) is 6.18. The molecule has 1 atom stereocenters. The Morgan fingerprint density at radius 2 is 2.26 bits per heavy atom. The Bertz CT molecular complexity index is 553. The number of nitrogens with zero attached hydrogens (tertiary/aromatic N) is 1. The first kappa shape index (κ1) is 14.2. The molecule has 0 bridgehead atoms. The van der Waals surface area contributed by atoms with Crippen LogP contribution in [-0.2, 0) is 4.74 Å². The Morgan fingerprint density at radius 3 is 2.95 bits per heavy atom. The molecule has 0 saturated heterocycles. The van der Waals surface area contributed by atoms with Crippen molar-refractivity contribution in [3.8, 4) is 11.3 Å². The van der Waals surface area contributed by atoms with Crippen molar-refractivity contribution in [2.24, 2.45) is 5.73 Å². The molecule has 1 aromatic carbocycles. The van der Waals surface area contributed by atoms with Crippen LogP contribution in [0.3, 0.4) is 0 Å². The number of ether oxygens (including phenoxy) is 1. The lowest BCUT2D eigenvalue weighted by atomic mass is 10.1. The summed E-state index contributed by atoms with van der Waals surface area (Å²) in [7, 11) is 1.67. The van der Waals surface area contributed by atoms with Gasteiger partial charge >= 0.3 is 0 Å². The fourth-order valence-electron chi connectivity index (χ4n) is 1.96. The van der Waals surface area contributed by atoms with Gasteiger partial charge in [0, 0.05) is 29.4 Å². The van der Waals surface area contributed by atoms with Gasteiger partial charge in [-0.25, -0.2) is 4.98 Å². The number of imidazole rings is 1. The van der Waals surface area contributed by atoms with E-state index in [1.165, 1.54) is 0 Å². The summed E-state index contributed by atoms with van der Waals surface area (Å²) in [5.41, 5.74) is 9.14. The Kier molecular flexibility index (Phi) is 4.74. The number of aromatic nitrogens is 2. The van der Waals surface area contributed by atoms with E-state index in [1.807, 2.05) is 31.2 Å². The molecule has 1 unspecified atom stereocenters. The molecule has 0 aliphatic carbocycles. The highest BCUT2D eigenvalue weighted by molar-refractivity contribution is 9.10. The molecule has 0 spiro atoms. The molecule has 2 aromatic rings. The first-order chi connectivity index (χ1) is 9.11. The van der Waals surface area contributed by atoms with Crippen LogP contribution >= 0.6 is 15.9 Å². The average molecular weight is 324 g/mol. The lowest BCUT2D eigenvalue weighted by molar-refractivity contribution is 0.187. The topological polar surface area (TPSA) is 63.9 Å². The number of nitrogens with one attached hydrogen (secondary N) is 1. The van der Waals surface area contributed by atoms with Gasteiger partial charge in [0.25, 0.3) is 0 Å². The minimum atomic E-state index is -0.125. The average Bonchev–Trinajstić information content (AvgIpc) is 2.78. The first-order valence-corrected chi connectivity index (χ1v) is 6.98. The number of rotatable bonds is 5. The van der Waals surface area contributed by atoms with Crippen molar-refractivity contribution >= 4 is 15.9 Å². The predicted octanol–water partition coefficient (Wildman–Crippen LogP) is 3.18. The van der Waals surface area contributed by atoms with Crippen LogP contribution in [0.15, 0.2) is 28.7 Å². The van der Waals surface area contributed by atoms with Crippen LogP contribution in [0.2, 0.25) is 0 Å². The molecule has 1 aromatic heterocycles. The molecule has 3 N–H and O–H groups in total. The quantitative estimate of drug-likeness (QED) is 0.888. The summed E-state index contributed by atoms with van der Waals surface area (Å²) in [6.45, 7) is 2.64. The summed E-state index contributed by atoms with van der Waals surface area (Å²) in [5, 5.41) is 0. The standard InChI is InChI=1S/C14H18BrN3O/c1-9-13(10-4-3-5-11(15)8-10)18-14(17-9)12(16)6-7-19-2/h3-5,8,12H,6-7,16H2,1-2H3,(H,17,18). The molecular formula is C14H18BrN3O. The van der Waals surface area contributed by atoms with Gasteiger partial charge < -0.3 is 15.5 Å². The van der Waals surface area contributed by atoms with E-state index in [9.17, 15) is 0 Å². The highest BCUT2D eigenvalue weighted by Gasteiger charge is 2.14. The molecular weight excluding hydrogens is 306 g/mol. The fourth-order valence-corrected chi connectivity index (χ4v) is 2.36. The second-order valence-corrected chi connectivity index (χ2v) is 5.41. The van der Waals surface area contributed by atoms with Gasteiger partial charge in [0.15, 0.2) is 0 Å². The van der Waals surface area contributed by atoms with E-state index in [-0.39, 0.29) is 6.04 Å². The Balaban J connectivity index is 2.26. The number of nitrogens with two attached hydrogens (primary N) is 1. The monoisotopic (exact) mass is 323 g/mol. The van der Waals surface area contributed by atoms with E-state index >= 15 is 0 Å². The van der Waals surface area contributed by atoms with Crippen molar-refractivity contribution in [3.05, 3.63) is 40.3 Å². The zero-order valence-electron chi connectivity index (χ0n) is 11.1. The summed E-state index contributed by atoms with van der Waals surface area (Å²) in [4.78, 5) is 7.88. The predicted molar refractivity (Wildman–Crippen MR) is 79.9 cm³/mol. The van der Waals surface area contributed by atoms with E-state index in [0.29, 0.717) is 6.61 Å². The maximum atomic E-state index is 6.09. The Morgan fingerprint density at radius 1 is 1.47 bits per heavy atom. The number of H-pyrrole nitrogens is 1. The second-order valence-electron chi connectivity index (χ2n) is 4.49. The van der Waals surface area contributed by atoms with Crippen LogP contribution in [0.25, 0.3) is 11.3 Å². The van der Waals surface area contributed by atoms with Gasteiger partial charge in [0.2, 0.25) is 0 Å². The summed E-state index contributed by atoms with van der Waals surface area (Å²) in [6.07, 6.45) is 0.751. The van der Waals surface area contributed by atoms with E-state index in [1.54, 1.807) is 7.11 Å². The number of halogens is 1. The van der Waals surface area contributed by atoms with Crippen molar-refractivity contribution in [2.75, 3.05) is 13.7 Å². The van der Waals surface area contributed by atoms with Crippen LogP contribution in [-0.4, -0.2) is 23.7 Å². The van der Waals surface area contributed by atoms with Crippen LogP contribution in [0.5, 0.6) is 0 Å². The van der Waals surface area contributed by atoms with Gasteiger partial charge in [0.05, 0.1) is 11.7 Å². The summed E-state index contributed by atoms with van der Waals surface area (Å²) in [6, 6.07) is 7.96. The number of benzene rings is 1. The molecule has 2 rings (SSSR count). The van der Waals surface area contributed by atoms with Crippen LogP contribution in [0, 0.1) is 6.92 Å². The number of aryl methyl sites for hydroxylation is 1. The number of aromatic amines is 1. The van der Waals surface area contributed by atoms with Crippen molar-refractivity contribution in [1.82, 2.24) is 9.97 Å². The summed E-state index contributed by atoms with van der Waals surface area (Å²) < 4.78 is 6.08. The van der Waals surface area contributed by atoms with E-state index in [2.05, 4.69) is 25.9 Å². The zero-order valence-corrected chi connectivity index (χ0v) is 12.7. The molecule has 1 heterocycles. The lowest BCUT2D eigenvalue weighted by Gasteiger charge is -2.06.